The first kappa shape index (κ1) is 16.2. The van der Waals surface area contributed by atoms with Crippen molar-refractivity contribution in [3.05, 3.63) is 47.8 Å². The molecule has 1 unspecified atom stereocenters. The van der Waals surface area contributed by atoms with E-state index in [2.05, 4.69) is 5.10 Å². The number of carboxylic acids is 1. The molecule has 0 radical (unpaired) electrons. The molecule has 0 saturated heterocycles. The first-order valence-corrected chi connectivity index (χ1v) is 8.13. The standard InChI is InChI=1S/C18H21N3O3/c1-12(18(23)24)11-20(14-8-9-14)17(22)16-10-13(2)21(19-16)15-6-4-3-5-7-15/h3-7,10,12,14H,8-9,11H2,1-2H3,(H,23,24). The van der Waals surface area contributed by atoms with Gasteiger partial charge in [0, 0.05) is 18.3 Å². The molecular weight excluding hydrogens is 306 g/mol. The summed E-state index contributed by atoms with van der Waals surface area (Å²) in [6.07, 6.45) is 1.85. The van der Waals surface area contributed by atoms with E-state index in [9.17, 15) is 9.59 Å². The highest BCUT2D eigenvalue weighted by atomic mass is 16.4. The number of carbonyl (C=O) groups excluding carboxylic acids is 1. The molecule has 1 saturated carbocycles. The molecule has 3 rings (SSSR count). The van der Waals surface area contributed by atoms with Gasteiger partial charge >= 0.3 is 5.97 Å². The molecule has 2 aromatic rings. The van der Waals surface area contributed by atoms with Crippen molar-refractivity contribution in [2.75, 3.05) is 6.54 Å². The summed E-state index contributed by atoms with van der Waals surface area (Å²) in [6, 6.07) is 11.5. The number of carbonyl (C=O) groups is 2. The maximum atomic E-state index is 12.8. The zero-order valence-electron chi connectivity index (χ0n) is 13.8. The van der Waals surface area contributed by atoms with Gasteiger partial charge in [-0.3, -0.25) is 9.59 Å². The third-order valence-electron chi connectivity index (χ3n) is 4.25. The second-order valence-electron chi connectivity index (χ2n) is 6.35. The Morgan fingerprint density at radius 1 is 1.33 bits per heavy atom. The van der Waals surface area contributed by atoms with E-state index in [1.165, 1.54) is 0 Å². The summed E-state index contributed by atoms with van der Waals surface area (Å²) in [6.45, 7) is 3.74. The first-order valence-electron chi connectivity index (χ1n) is 8.13. The van der Waals surface area contributed by atoms with Crippen LogP contribution in [0.1, 0.15) is 35.9 Å². The summed E-state index contributed by atoms with van der Waals surface area (Å²) < 4.78 is 1.74. The molecule has 0 aliphatic heterocycles. The van der Waals surface area contributed by atoms with Crippen molar-refractivity contribution in [1.82, 2.24) is 14.7 Å². The highest BCUT2D eigenvalue weighted by Gasteiger charge is 2.36. The average molecular weight is 327 g/mol. The number of para-hydroxylation sites is 1. The lowest BCUT2D eigenvalue weighted by atomic mass is 10.1. The summed E-state index contributed by atoms with van der Waals surface area (Å²) in [4.78, 5) is 25.6. The van der Waals surface area contributed by atoms with Crippen molar-refractivity contribution in [3.63, 3.8) is 0 Å². The lowest BCUT2D eigenvalue weighted by molar-refractivity contribution is -0.141. The zero-order valence-corrected chi connectivity index (χ0v) is 13.8. The number of rotatable bonds is 6. The van der Waals surface area contributed by atoms with E-state index in [0.29, 0.717) is 5.69 Å². The molecule has 0 bridgehead atoms. The van der Waals surface area contributed by atoms with Crippen molar-refractivity contribution in [3.8, 4) is 5.69 Å². The SMILES string of the molecule is Cc1cc(C(=O)N(CC(C)C(=O)O)C2CC2)nn1-c1ccccc1. The summed E-state index contributed by atoms with van der Waals surface area (Å²) in [7, 11) is 0. The molecular formula is C18H21N3O3. The van der Waals surface area contributed by atoms with E-state index >= 15 is 0 Å². The lowest BCUT2D eigenvalue weighted by Crippen LogP contribution is -2.38. The van der Waals surface area contributed by atoms with Crippen LogP contribution in [0.15, 0.2) is 36.4 Å². The maximum Gasteiger partial charge on any atom is 0.308 e. The summed E-state index contributed by atoms with van der Waals surface area (Å²) in [5.41, 5.74) is 2.12. The summed E-state index contributed by atoms with van der Waals surface area (Å²) in [5, 5.41) is 13.6. The fraction of sp³-hybridized carbons (Fsp3) is 0.389. The number of carboxylic acid groups (broad SMARTS) is 1. The highest BCUT2D eigenvalue weighted by Crippen LogP contribution is 2.29. The topological polar surface area (TPSA) is 75.4 Å². The van der Waals surface area contributed by atoms with E-state index in [0.717, 1.165) is 24.2 Å². The van der Waals surface area contributed by atoms with Gasteiger partial charge in [0.2, 0.25) is 0 Å². The Labute approximate surface area is 140 Å². The van der Waals surface area contributed by atoms with Crippen LogP contribution in [-0.4, -0.2) is 44.3 Å². The van der Waals surface area contributed by atoms with Crippen molar-refractivity contribution >= 4 is 11.9 Å². The molecule has 1 amide bonds. The van der Waals surface area contributed by atoms with Gasteiger partial charge in [0.25, 0.3) is 5.91 Å². The quantitative estimate of drug-likeness (QED) is 0.884. The van der Waals surface area contributed by atoms with Crippen LogP contribution in [0.4, 0.5) is 0 Å². The Morgan fingerprint density at radius 3 is 2.58 bits per heavy atom. The molecule has 1 N–H and O–H groups in total. The van der Waals surface area contributed by atoms with Crippen LogP contribution in [0.25, 0.3) is 5.69 Å². The van der Waals surface area contributed by atoms with E-state index in [4.69, 9.17) is 5.11 Å². The molecule has 126 valence electrons. The molecule has 1 aromatic carbocycles. The second kappa shape index (κ2) is 6.47. The molecule has 1 heterocycles. The number of nitrogens with zero attached hydrogens (tertiary/aromatic N) is 3. The second-order valence-corrected chi connectivity index (χ2v) is 6.35. The van der Waals surface area contributed by atoms with E-state index in [-0.39, 0.29) is 18.5 Å². The van der Waals surface area contributed by atoms with E-state index in [1.807, 2.05) is 37.3 Å². The van der Waals surface area contributed by atoms with Crippen LogP contribution >= 0.6 is 0 Å². The van der Waals surface area contributed by atoms with Gasteiger partial charge in [-0.1, -0.05) is 25.1 Å². The number of amides is 1. The highest BCUT2D eigenvalue weighted by molar-refractivity contribution is 5.93. The maximum absolute atomic E-state index is 12.8. The molecule has 0 spiro atoms. The van der Waals surface area contributed by atoms with E-state index in [1.54, 1.807) is 22.6 Å². The normalized spacial score (nSPS) is 15.1. The summed E-state index contributed by atoms with van der Waals surface area (Å²) >= 11 is 0. The van der Waals surface area contributed by atoms with Gasteiger partial charge in [-0.15, -0.1) is 0 Å². The number of aryl methyl sites for hydroxylation is 1. The number of benzene rings is 1. The van der Waals surface area contributed by atoms with Gasteiger partial charge < -0.3 is 10.0 Å². The predicted octanol–water partition coefficient (Wildman–Crippen LogP) is 2.51. The van der Waals surface area contributed by atoms with Gasteiger partial charge in [0.05, 0.1) is 11.6 Å². The van der Waals surface area contributed by atoms with Crippen molar-refractivity contribution in [2.24, 2.45) is 5.92 Å². The minimum Gasteiger partial charge on any atom is -0.481 e. The number of aromatic nitrogens is 2. The monoisotopic (exact) mass is 327 g/mol. The fourth-order valence-electron chi connectivity index (χ4n) is 2.71. The largest absolute Gasteiger partial charge is 0.481 e. The van der Waals surface area contributed by atoms with Crippen LogP contribution in [-0.2, 0) is 4.79 Å². The number of hydrogen-bond donors (Lipinski definition) is 1. The lowest BCUT2D eigenvalue weighted by Gasteiger charge is -2.23. The molecule has 24 heavy (non-hydrogen) atoms. The third kappa shape index (κ3) is 3.32. The summed E-state index contributed by atoms with van der Waals surface area (Å²) in [5.74, 6) is -1.67. The van der Waals surface area contributed by atoms with Crippen LogP contribution < -0.4 is 0 Å². The van der Waals surface area contributed by atoms with Gasteiger partial charge in [0.1, 0.15) is 0 Å². The van der Waals surface area contributed by atoms with Crippen LogP contribution in [0, 0.1) is 12.8 Å². The van der Waals surface area contributed by atoms with Gasteiger partial charge in [-0.2, -0.15) is 5.10 Å². The van der Waals surface area contributed by atoms with Crippen molar-refractivity contribution in [1.29, 1.82) is 0 Å². The van der Waals surface area contributed by atoms with Gasteiger partial charge in [-0.05, 0) is 38.0 Å². The zero-order chi connectivity index (χ0) is 17.3. The Bertz CT molecular complexity index is 750. The third-order valence-corrected chi connectivity index (χ3v) is 4.25. The van der Waals surface area contributed by atoms with Crippen LogP contribution in [0.2, 0.25) is 0 Å². The Morgan fingerprint density at radius 2 is 2.00 bits per heavy atom. The van der Waals surface area contributed by atoms with Crippen LogP contribution in [0.3, 0.4) is 0 Å². The fourth-order valence-corrected chi connectivity index (χ4v) is 2.71. The van der Waals surface area contributed by atoms with Crippen molar-refractivity contribution in [2.45, 2.75) is 32.7 Å². The van der Waals surface area contributed by atoms with Crippen molar-refractivity contribution < 1.29 is 14.7 Å². The van der Waals surface area contributed by atoms with Gasteiger partial charge in [0.15, 0.2) is 5.69 Å². The Hall–Kier alpha value is -2.63. The van der Waals surface area contributed by atoms with Crippen LogP contribution in [0.5, 0.6) is 0 Å². The number of aliphatic carboxylic acids is 1. The Kier molecular flexibility index (Phi) is 4.38. The van der Waals surface area contributed by atoms with E-state index < -0.39 is 11.9 Å². The first-order chi connectivity index (χ1) is 11.5. The molecule has 1 aromatic heterocycles. The number of hydrogen-bond acceptors (Lipinski definition) is 3. The smallest absolute Gasteiger partial charge is 0.308 e. The minimum absolute atomic E-state index is 0.140. The molecule has 1 aliphatic rings. The Balaban J connectivity index is 1.85. The molecule has 1 aliphatic carbocycles. The van der Waals surface area contributed by atoms with Gasteiger partial charge in [-0.25, -0.2) is 4.68 Å². The average Bonchev–Trinajstić information content (AvgIpc) is 3.34. The minimum atomic E-state index is -0.889. The molecule has 6 heteroatoms. The predicted molar refractivity (Wildman–Crippen MR) is 89.2 cm³/mol. The molecule has 6 nitrogen and oxygen atoms in total. The molecule has 1 fully saturated rings. The molecule has 1 atom stereocenters.